The molecule has 0 saturated heterocycles. The van der Waals surface area contributed by atoms with Crippen molar-refractivity contribution in [3.05, 3.63) is 36.0 Å². The monoisotopic (exact) mass is 298 g/mol. The highest BCUT2D eigenvalue weighted by molar-refractivity contribution is 5.97. The maximum Gasteiger partial charge on any atom is 0.263 e. The fourth-order valence-corrected chi connectivity index (χ4v) is 2.51. The fraction of sp³-hybridized carbons (Fsp3) is 0.412. The Bertz CT molecular complexity index is 595. The highest BCUT2D eigenvalue weighted by Gasteiger charge is 2.19. The lowest BCUT2D eigenvalue weighted by Crippen LogP contribution is -2.33. The molecular formula is C17H22N4O. The number of hydrogen-bond donors (Lipinski definition) is 2. The van der Waals surface area contributed by atoms with Crippen LogP contribution in [0, 0.1) is 11.3 Å². The van der Waals surface area contributed by atoms with E-state index >= 15 is 0 Å². The van der Waals surface area contributed by atoms with Crippen LogP contribution in [0.15, 0.2) is 36.0 Å². The molecule has 0 radical (unpaired) electrons. The Hall–Kier alpha value is -2.48. The molecule has 1 amide bonds. The first-order valence-electron chi connectivity index (χ1n) is 7.55. The molecule has 1 fully saturated rings. The molecule has 1 aromatic rings. The Morgan fingerprint density at radius 1 is 1.36 bits per heavy atom. The van der Waals surface area contributed by atoms with Crippen LogP contribution in [0.2, 0.25) is 0 Å². The van der Waals surface area contributed by atoms with Gasteiger partial charge in [-0.15, -0.1) is 0 Å². The highest BCUT2D eigenvalue weighted by atomic mass is 16.1. The zero-order valence-corrected chi connectivity index (χ0v) is 13.1. The van der Waals surface area contributed by atoms with Gasteiger partial charge in [-0.2, -0.15) is 5.26 Å². The molecule has 1 saturated carbocycles. The third kappa shape index (κ3) is 4.26. The Morgan fingerprint density at radius 2 is 2.09 bits per heavy atom. The summed E-state index contributed by atoms with van der Waals surface area (Å²) in [4.78, 5) is 14.1. The molecule has 22 heavy (non-hydrogen) atoms. The van der Waals surface area contributed by atoms with Crippen LogP contribution in [0.3, 0.4) is 0 Å². The SMILES string of the molecule is CN(C)c1cccc(N/C=C(/C#N)C(=O)NC2CCCC2)c1. The van der Waals surface area contributed by atoms with E-state index in [1.807, 2.05) is 49.3 Å². The molecule has 116 valence electrons. The largest absolute Gasteiger partial charge is 0.378 e. The van der Waals surface area contributed by atoms with Gasteiger partial charge in [0.05, 0.1) is 0 Å². The molecule has 0 atom stereocenters. The maximum atomic E-state index is 12.1. The van der Waals surface area contributed by atoms with Gasteiger partial charge < -0.3 is 15.5 Å². The van der Waals surface area contributed by atoms with Gasteiger partial charge in [0.25, 0.3) is 5.91 Å². The summed E-state index contributed by atoms with van der Waals surface area (Å²) in [5.74, 6) is -0.300. The number of nitriles is 1. The van der Waals surface area contributed by atoms with Gasteiger partial charge in [-0.3, -0.25) is 4.79 Å². The van der Waals surface area contributed by atoms with E-state index < -0.39 is 0 Å². The maximum absolute atomic E-state index is 12.1. The summed E-state index contributed by atoms with van der Waals surface area (Å²) < 4.78 is 0. The van der Waals surface area contributed by atoms with Crippen LogP contribution in [-0.4, -0.2) is 26.0 Å². The molecule has 0 spiro atoms. The summed E-state index contributed by atoms with van der Waals surface area (Å²) in [6.45, 7) is 0. The number of carbonyl (C=O) groups is 1. The van der Waals surface area contributed by atoms with Crippen LogP contribution in [0.5, 0.6) is 0 Å². The molecule has 5 nitrogen and oxygen atoms in total. The smallest absolute Gasteiger partial charge is 0.263 e. The minimum absolute atomic E-state index is 0.0992. The van der Waals surface area contributed by atoms with Gasteiger partial charge in [-0.25, -0.2) is 0 Å². The first kappa shape index (κ1) is 15.9. The Kier molecular flexibility index (Phi) is 5.42. The van der Waals surface area contributed by atoms with E-state index in [0.717, 1.165) is 37.1 Å². The van der Waals surface area contributed by atoms with Crippen molar-refractivity contribution in [2.75, 3.05) is 24.3 Å². The molecule has 5 heteroatoms. The second kappa shape index (κ2) is 7.51. The van der Waals surface area contributed by atoms with E-state index in [9.17, 15) is 4.79 Å². The predicted octanol–water partition coefficient (Wildman–Crippen LogP) is 2.63. The van der Waals surface area contributed by atoms with Gasteiger partial charge in [0.15, 0.2) is 0 Å². The van der Waals surface area contributed by atoms with Crippen molar-refractivity contribution in [2.24, 2.45) is 0 Å². The quantitative estimate of drug-likeness (QED) is 0.648. The van der Waals surface area contributed by atoms with Crippen molar-refractivity contribution < 1.29 is 4.79 Å². The molecule has 0 bridgehead atoms. The summed E-state index contributed by atoms with van der Waals surface area (Å²) in [5, 5.41) is 15.1. The molecule has 1 aliphatic carbocycles. The molecule has 0 heterocycles. The fourth-order valence-electron chi connectivity index (χ4n) is 2.51. The number of nitrogens with zero attached hydrogens (tertiary/aromatic N) is 2. The number of amides is 1. The van der Waals surface area contributed by atoms with Gasteiger partial charge >= 0.3 is 0 Å². The van der Waals surface area contributed by atoms with Crippen molar-refractivity contribution in [1.82, 2.24) is 5.32 Å². The minimum Gasteiger partial charge on any atom is -0.378 e. The van der Waals surface area contributed by atoms with Crippen molar-refractivity contribution in [1.29, 1.82) is 5.26 Å². The molecule has 2 N–H and O–H groups in total. The molecule has 0 unspecified atom stereocenters. The van der Waals surface area contributed by atoms with E-state index in [2.05, 4.69) is 10.6 Å². The topological polar surface area (TPSA) is 68.2 Å². The molecule has 0 aliphatic heterocycles. The summed E-state index contributed by atoms with van der Waals surface area (Å²) in [5.41, 5.74) is 1.99. The highest BCUT2D eigenvalue weighted by Crippen LogP contribution is 2.19. The molecule has 1 aromatic carbocycles. The number of nitrogens with one attached hydrogen (secondary N) is 2. The Labute approximate surface area is 131 Å². The number of hydrogen-bond acceptors (Lipinski definition) is 4. The lowest BCUT2D eigenvalue weighted by molar-refractivity contribution is -0.117. The van der Waals surface area contributed by atoms with Crippen molar-refractivity contribution in [2.45, 2.75) is 31.7 Å². The van der Waals surface area contributed by atoms with Crippen molar-refractivity contribution in [3.63, 3.8) is 0 Å². The van der Waals surface area contributed by atoms with Crippen LogP contribution in [-0.2, 0) is 4.79 Å². The predicted molar refractivity (Wildman–Crippen MR) is 88.5 cm³/mol. The normalized spacial score (nSPS) is 15.2. The van der Waals surface area contributed by atoms with Gasteiger partial charge in [0.1, 0.15) is 11.6 Å². The van der Waals surface area contributed by atoms with Gasteiger partial charge in [-0.1, -0.05) is 18.9 Å². The van der Waals surface area contributed by atoms with E-state index in [0.29, 0.717) is 0 Å². The minimum atomic E-state index is -0.300. The lowest BCUT2D eigenvalue weighted by Gasteiger charge is -2.14. The summed E-state index contributed by atoms with van der Waals surface area (Å²) in [6.07, 6.45) is 5.77. The third-order valence-electron chi connectivity index (χ3n) is 3.80. The molecule has 2 rings (SSSR count). The second-order valence-electron chi connectivity index (χ2n) is 5.71. The summed E-state index contributed by atoms with van der Waals surface area (Å²) in [7, 11) is 3.93. The number of benzene rings is 1. The third-order valence-corrected chi connectivity index (χ3v) is 3.80. The first-order chi connectivity index (χ1) is 10.6. The zero-order valence-electron chi connectivity index (χ0n) is 13.1. The summed E-state index contributed by atoms with van der Waals surface area (Å²) in [6, 6.07) is 9.94. The van der Waals surface area contributed by atoms with Gasteiger partial charge in [0.2, 0.25) is 0 Å². The average molecular weight is 298 g/mol. The van der Waals surface area contributed by atoms with Gasteiger partial charge in [-0.05, 0) is 31.0 Å². The van der Waals surface area contributed by atoms with Crippen LogP contribution in [0.25, 0.3) is 0 Å². The number of rotatable bonds is 5. The second-order valence-corrected chi connectivity index (χ2v) is 5.71. The first-order valence-corrected chi connectivity index (χ1v) is 7.55. The summed E-state index contributed by atoms with van der Waals surface area (Å²) >= 11 is 0. The van der Waals surface area contributed by atoms with Crippen LogP contribution in [0.4, 0.5) is 11.4 Å². The van der Waals surface area contributed by atoms with Crippen LogP contribution in [0.1, 0.15) is 25.7 Å². The van der Waals surface area contributed by atoms with Gasteiger partial charge in [0, 0.05) is 37.7 Å². The van der Waals surface area contributed by atoms with Crippen molar-refractivity contribution >= 4 is 17.3 Å². The van der Waals surface area contributed by atoms with E-state index in [-0.39, 0.29) is 17.5 Å². The number of anilines is 2. The Morgan fingerprint density at radius 3 is 2.73 bits per heavy atom. The van der Waals surface area contributed by atoms with E-state index in [4.69, 9.17) is 5.26 Å². The van der Waals surface area contributed by atoms with E-state index in [1.54, 1.807) is 0 Å². The molecule has 1 aliphatic rings. The van der Waals surface area contributed by atoms with Crippen LogP contribution < -0.4 is 15.5 Å². The number of carbonyl (C=O) groups excluding carboxylic acids is 1. The molecular weight excluding hydrogens is 276 g/mol. The van der Waals surface area contributed by atoms with Crippen LogP contribution >= 0.6 is 0 Å². The standard InChI is InChI=1S/C17H22N4O/c1-21(2)16-9-5-8-15(10-16)19-12-13(11-18)17(22)20-14-6-3-4-7-14/h5,8-10,12,14,19H,3-4,6-7H2,1-2H3,(H,20,22)/b13-12-. The van der Waals surface area contributed by atoms with Crippen molar-refractivity contribution in [3.8, 4) is 6.07 Å². The lowest BCUT2D eigenvalue weighted by atomic mass is 10.2. The van der Waals surface area contributed by atoms with E-state index in [1.165, 1.54) is 6.20 Å². The Balaban J connectivity index is 2.01. The zero-order chi connectivity index (χ0) is 15.9. The average Bonchev–Trinajstić information content (AvgIpc) is 3.01. The molecule has 0 aromatic heterocycles.